The first kappa shape index (κ1) is 9.55. The number of aromatic nitrogens is 1. The van der Waals surface area contributed by atoms with Crippen LogP contribution in [0.5, 0.6) is 0 Å². The van der Waals surface area contributed by atoms with Crippen molar-refractivity contribution in [3.8, 4) is 10.6 Å². The van der Waals surface area contributed by atoms with E-state index in [2.05, 4.69) is 34.4 Å². The van der Waals surface area contributed by atoms with Crippen molar-refractivity contribution in [3.05, 3.63) is 29.3 Å². The Labute approximate surface area is 98.1 Å². The van der Waals surface area contributed by atoms with Crippen molar-refractivity contribution in [3.63, 3.8) is 0 Å². The SMILES string of the molecule is CSc1cc2n(c1-c1cccs1)CCC2. The number of fused-ring (bicyclic) bond motifs is 1. The summed E-state index contributed by atoms with van der Waals surface area (Å²) in [6, 6.07) is 6.73. The molecule has 3 heterocycles. The molecule has 0 aliphatic carbocycles. The van der Waals surface area contributed by atoms with Gasteiger partial charge in [-0.05, 0) is 36.6 Å². The van der Waals surface area contributed by atoms with Gasteiger partial charge >= 0.3 is 0 Å². The van der Waals surface area contributed by atoms with Crippen LogP contribution in [0.25, 0.3) is 10.6 Å². The second kappa shape index (κ2) is 3.72. The Bertz CT molecular complexity index is 468. The summed E-state index contributed by atoms with van der Waals surface area (Å²) in [5.74, 6) is 0. The maximum atomic E-state index is 2.50. The van der Waals surface area contributed by atoms with Gasteiger partial charge in [0, 0.05) is 17.1 Å². The zero-order chi connectivity index (χ0) is 10.3. The van der Waals surface area contributed by atoms with E-state index in [4.69, 9.17) is 0 Å². The van der Waals surface area contributed by atoms with Gasteiger partial charge in [-0.3, -0.25) is 0 Å². The molecule has 3 rings (SSSR count). The fourth-order valence-electron chi connectivity index (χ4n) is 2.28. The normalized spacial score (nSPS) is 14.5. The maximum Gasteiger partial charge on any atom is 0.0721 e. The first-order chi connectivity index (χ1) is 7.40. The Morgan fingerprint density at radius 1 is 1.47 bits per heavy atom. The molecule has 0 atom stereocenters. The van der Waals surface area contributed by atoms with Gasteiger partial charge in [0.2, 0.25) is 0 Å². The van der Waals surface area contributed by atoms with Crippen molar-refractivity contribution in [2.24, 2.45) is 0 Å². The van der Waals surface area contributed by atoms with Crippen molar-refractivity contribution in [2.45, 2.75) is 24.3 Å². The topological polar surface area (TPSA) is 4.93 Å². The lowest BCUT2D eigenvalue weighted by Gasteiger charge is -2.05. The van der Waals surface area contributed by atoms with Crippen molar-refractivity contribution in [1.82, 2.24) is 4.57 Å². The summed E-state index contributed by atoms with van der Waals surface area (Å²) >= 11 is 3.71. The van der Waals surface area contributed by atoms with Crippen molar-refractivity contribution in [1.29, 1.82) is 0 Å². The third-order valence-electron chi connectivity index (χ3n) is 2.94. The minimum absolute atomic E-state index is 1.20. The Hall–Kier alpha value is -0.670. The second-order valence-corrected chi connectivity index (χ2v) is 5.58. The number of rotatable bonds is 2. The van der Waals surface area contributed by atoms with Crippen molar-refractivity contribution < 1.29 is 0 Å². The predicted molar refractivity (Wildman–Crippen MR) is 67.8 cm³/mol. The molecule has 1 nitrogen and oxygen atoms in total. The molecule has 0 aromatic carbocycles. The largest absolute Gasteiger partial charge is 0.343 e. The van der Waals surface area contributed by atoms with Crippen molar-refractivity contribution in [2.75, 3.05) is 6.26 Å². The lowest BCUT2D eigenvalue weighted by Crippen LogP contribution is -1.94. The van der Waals surface area contributed by atoms with Crippen LogP contribution in [0, 0.1) is 0 Å². The van der Waals surface area contributed by atoms with Gasteiger partial charge in [0.1, 0.15) is 0 Å². The van der Waals surface area contributed by atoms with Crippen LogP contribution in [0.1, 0.15) is 12.1 Å². The van der Waals surface area contributed by atoms with Crippen LogP contribution in [0.15, 0.2) is 28.5 Å². The van der Waals surface area contributed by atoms with Crippen LogP contribution in [-0.2, 0) is 13.0 Å². The fourth-order valence-corrected chi connectivity index (χ4v) is 3.80. The standard InChI is InChI=1S/C12H13NS2/c1-14-11-8-9-4-2-6-13(9)12(11)10-5-3-7-15-10/h3,5,7-8H,2,4,6H2,1H3. The Kier molecular flexibility index (Phi) is 2.37. The lowest BCUT2D eigenvalue weighted by atomic mass is 10.3. The first-order valence-electron chi connectivity index (χ1n) is 5.20. The summed E-state index contributed by atoms with van der Waals surface area (Å²) in [6.45, 7) is 1.20. The number of thiophene rings is 1. The van der Waals surface area contributed by atoms with Gasteiger partial charge in [-0.15, -0.1) is 23.1 Å². The van der Waals surface area contributed by atoms with Gasteiger partial charge in [-0.1, -0.05) is 6.07 Å². The summed E-state index contributed by atoms with van der Waals surface area (Å²) < 4.78 is 2.50. The van der Waals surface area contributed by atoms with E-state index in [0.29, 0.717) is 0 Å². The zero-order valence-electron chi connectivity index (χ0n) is 8.69. The molecule has 0 spiro atoms. The Morgan fingerprint density at radius 2 is 2.40 bits per heavy atom. The molecule has 15 heavy (non-hydrogen) atoms. The smallest absolute Gasteiger partial charge is 0.0721 e. The summed E-state index contributed by atoms with van der Waals surface area (Å²) in [4.78, 5) is 2.85. The molecule has 0 unspecified atom stereocenters. The van der Waals surface area contributed by atoms with E-state index < -0.39 is 0 Å². The predicted octanol–water partition coefficient (Wildman–Crippen LogP) is 3.88. The van der Waals surface area contributed by atoms with Crippen molar-refractivity contribution >= 4 is 23.1 Å². The van der Waals surface area contributed by atoms with Crippen LogP contribution < -0.4 is 0 Å². The lowest BCUT2D eigenvalue weighted by molar-refractivity contribution is 0.753. The molecule has 0 fully saturated rings. The highest BCUT2D eigenvalue weighted by Gasteiger charge is 2.20. The molecule has 1 aliphatic rings. The molecule has 0 bridgehead atoms. The molecule has 0 N–H and O–H groups in total. The molecule has 0 saturated heterocycles. The number of thioether (sulfide) groups is 1. The van der Waals surface area contributed by atoms with Gasteiger partial charge in [0.25, 0.3) is 0 Å². The van der Waals surface area contributed by atoms with Gasteiger partial charge in [-0.25, -0.2) is 0 Å². The summed E-state index contributed by atoms with van der Waals surface area (Å²) in [7, 11) is 0. The molecule has 2 aromatic rings. The zero-order valence-corrected chi connectivity index (χ0v) is 10.3. The van der Waals surface area contributed by atoms with E-state index in [1.165, 1.54) is 40.5 Å². The second-order valence-electron chi connectivity index (χ2n) is 3.79. The number of nitrogens with zero attached hydrogens (tertiary/aromatic N) is 1. The first-order valence-corrected chi connectivity index (χ1v) is 7.31. The summed E-state index contributed by atoms with van der Waals surface area (Å²) in [5.41, 5.74) is 2.97. The van der Waals surface area contributed by atoms with Gasteiger partial charge in [-0.2, -0.15) is 0 Å². The minimum atomic E-state index is 1.20. The molecule has 0 saturated carbocycles. The van der Waals surface area contributed by atoms with E-state index in [0.717, 1.165) is 0 Å². The molecule has 2 aromatic heterocycles. The van der Waals surface area contributed by atoms with Crippen LogP contribution >= 0.6 is 23.1 Å². The molecule has 3 heteroatoms. The average molecular weight is 235 g/mol. The summed E-state index contributed by atoms with van der Waals surface area (Å²) in [6.07, 6.45) is 4.73. The van der Waals surface area contributed by atoms with Crippen LogP contribution in [0.2, 0.25) is 0 Å². The molecule has 78 valence electrons. The monoisotopic (exact) mass is 235 g/mol. The highest BCUT2D eigenvalue weighted by Crippen LogP contribution is 2.38. The van der Waals surface area contributed by atoms with E-state index in [1.807, 2.05) is 23.1 Å². The van der Waals surface area contributed by atoms with Crippen LogP contribution in [0.3, 0.4) is 0 Å². The number of aryl methyl sites for hydroxylation is 1. The van der Waals surface area contributed by atoms with E-state index in [9.17, 15) is 0 Å². The fraction of sp³-hybridized carbons (Fsp3) is 0.333. The van der Waals surface area contributed by atoms with Gasteiger partial charge < -0.3 is 4.57 Å². The third-order valence-corrected chi connectivity index (χ3v) is 4.56. The van der Waals surface area contributed by atoms with Crippen LogP contribution in [0.4, 0.5) is 0 Å². The minimum Gasteiger partial charge on any atom is -0.343 e. The molecule has 0 radical (unpaired) electrons. The third kappa shape index (κ3) is 1.45. The summed E-state index contributed by atoms with van der Waals surface area (Å²) in [5, 5.41) is 2.16. The van der Waals surface area contributed by atoms with E-state index in [-0.39, 0.29) is 0 Å². The Balaban J connectivity index is 2.20. The van der Waals surface area contributed by atoms with E-state index in [1.54, 1.807) is 0 Å². The molecular formula is C12H13NS2. The maximum absolute atomic E-state index is 2.50. The van der Waals surface area contributed by atoms with Gasteiger partial charge in [0.05, 0.1) is 10.6 Å². The number of hydrogen-bond acceptors (Lipinski definition) is 2. The molecule has 1 aliphatic heterocycles. The highest BCUT2D eigenvalue weighted by atomic mass is 32.2. The molecular weight excluding hydrogens is 222 g/mol. The van der Waals surface area contributed by atoms with E-state index >= 15 is 0 Å². The number of hydrogen-bond donors (Lipinski definition) is 0. The highest BCUT2D eigenvalue weighted by molar-refractivity contribution is 7.98. The molecule has 0 amide bonds. The quantitative estimate of drug-likeness (QED) is 0.715. The van der Waals surface area contributed by atoms with Gasteiger partial charge in [0.15, 0.2) is 0 Å². The van der Waals surface area contributed by atoms with Crippen LogP contribution in [-0.4, -0.2) is 10.8 Å². The average Bonchev–Trinajstić information content (AvgIpc) is 2.92. The Morgan fingerprint density at radius 3 is 3.13 bits per heavy atom.